The molecule has 1 saturated heterocycles. The first-order valence-electron chi connectivity index (χ1n) is 6.54. The molecule has 7 heteroatoms. The number of hydrogen-bond donors (Lipinski definition) is 1. The summed E-state index contributed by atoms with van der Waals surface area (Å²) in [7, 11) is -0.00454. The van der Waals surface area contributed by atoms with Gasteiger partial charge in [-0.3, -0.25) is 0 Å². The summed E-state index contributed by atoms with van der Waals surface area (Å²) in [6.45, 7) is 1.47. The fourth-order valence-electron chi connectivity index (χ4n) is 2.49. The van der Waals surface area contributed by atoms with E-state index in [9.17, 15) is 8.42 Å². The lowest BCUT2D eigenvalue weighted by atomic mass is 10.2. The molecule has 0 amide bonds. The molecule has 0 aliphatic carbocycles. The van der Waals surface area contributed by atoms with E-state index < -0.39 is 10.0 Å². The summed E-state index contributed by atoms with van der Waals surface area (Å²) in [6, 6.07) is 4.77. The van der Waals surface area contributed by atoms with Crippen LogP contribution in [0.5, 0.6) is 0 Å². The Morgan fingerprint density at radius 3 is 2.80 bits per heavy atom. The Kier molecular flexibility index (Phi) is 4.59. The summed E-state index contributed by atoms with van der Waals surface area (Å²) in [4.78, 5) is 2.26. The number of likely N-dealkylation sites (tertiary alicyclic amines) is 1. The summed E-state index contributed by atoms with van der Waals surface area (Å²) < 4.78 is 26.5. The highest BCUT2D eigenvalue weighted by atomic mass is 35.5. The molecule has 20 heavy (non-hydrogen) atoms. The van der Waals surface area contributed by atoms with Gasteiger partial charge in [0.05, 0.1) is 5.02 Å². The van der Waals surface area contributed by atoms with Crippen molar-refractivity contribution >= 4 is 27.3 Å². The van der Waals surface area contributed by atoms with Crippen LogP contribution in [-0.2, 0) is 10.0 Å². The SMILES string of the molecule is CN1CCCC1CN(C)S(=O)(=O)c1cc(N)ccc1Cl. The van der Waals surface area contributed by atoms with Crippen molar-refractivity contribution < 1.29 is 8.42 Å². The van der Waals surface area contributed by atoms with Gasteiger partial charge in [-0.15, -0.1) is 0 Å². The standard InChI is InChI=1S/C13H20ClN3O2S/c1-16-7-3-4-11(16)9-17(2)20(18,19)13-8-10(15)5-6-12(13)14/h5-6,8,11H,3-4,7,9,15H2,1-2H3. The fourth-order valence-corrected chi connectivity index (χ4v) is 4.20. The number of nitrogens with two attached hydrogens (primary N) is 1. The average Bonchev–Trinajstić information content (AvgIpc) is 2.78. The maximum absolute atomic E-state index is 12.6. The summed E-state index contributed by atoms with van der Waals surface area (Å²) >= 11 is 6.00. The van der Waals surface area contributed by atoms with Crippen LogP contribution in [-0.4, -0.2) is 50.8 Å². The van der Waals surface area contributed by atoms with Crippen LogP contribution < -0.4 is 5.73 Å². The Bertz CT molecular complexity index is 591. The Morgan fingerprint density at radius 1 is 1.50 bits per heavy atom. The maximum Gasteiger partial charge on any atom is 0.244 e. The molecule has 1 aromatic rings. The van der Waals surface area contributed by atoms with Crippen LogP contribution in [0.25, 0.3) is 0 Å². The molecule has 0 radical (unpaired) electrons. The van der Waals surface area contributed by atoms with Gasteiger partial charge in [0.1, 0.15) is 4.90 Å². The average molecular weight is 318 g/mol. The number of likely N-dealkylation sites (N-methyl/N-ethyl adjacent to an activating group) is 2. The van der Waals surface area contributed by atoms with E-state index in [1.807, 2.05) is 7.05 Å². The van der Waals surface area contributed by atoms with Gasteiger partial charge >= 0.3 is 0 Å². The van der Waals surface area contributed by atoms with Gasteiger partial charge in [-0.05, 0) is 44.6 Å². The summed E-state index contributed by atoms with van der Waals surface area (Å²) in [5.41, 5.74) is 6.05. The zero-order chi connectivity index (χ0) is 14.9. The monoisotopic (exact) mass is 317 g/mol. The number of hydrogen-bond acceptors (Lipinski definition) is 4. The van der Waals surface area contributed by atoms with Gasteiger partial charge in [0.2, 0.25) is 10.0 Å². The first-order chi connectivity index (χ1) is 9.32. The molecule has 2 rings (SSSR count). The van der Waals surface area contributed by atoms with Crippen molar-refractivity contribution in [2.75, 3.05) is 32.9 Å². The molecular formula is C13H20ClN3O2S. The van der Waals surface area contributed by atoms with E-state index in [1.165, 1.54) is 16.4 Å². The summed E-state index contributed by atoms with van der Waals surface area (Å²) in [5.74, 6) is 0. The number of nitrogens with zero attached hydrogens (tertiary/aromatic N) is 2. The third-order valence-corrected chi connectivity index (χ3v) is 6.09. The molecule has 0 spiro atoms. The van der Waals surface area contributed by atoms with Crippen molar-refractivity contribution in [2.45, 2.75) is 23.8 Å². The molecule has 2 N–H and O–H groups in total. The Balaban J connectivity index is 2.23. The van der Waals surface area contributed by atoms with Crippen molar-refractivity contribution in [3.63, 3.8) is 0 Å². The number of rotatable bonds is 4. The van der Waals surface area contributed by atoms with E-state index in [0.29, 0.717) is 12.2 Å². The van der Waals surface area contributed by atoms with Gasteiger partial charge in [0, 0.05) is 25.3 Å². The quantitative estimate of drug-likeness (QED) is 0.857. The second-order valence-electron chi connectivity index (χ2n) is 5.25. The minimum absolute atomic E-state index is 0.0716. The van der Waals surface area contributed by atoms with E-state index in [-0.39, 0.29) is 16.0 Å². The lowest BCUT2D eigenvalue weighted by molar-refractivity contribution is 0.271. The number of sulfonamides is 1. The topological polar surface area (TPSA) is 66.6 Å². The summed E-state index contributed by atoms with van der Waals surface area (Å²) in [5, 5.41) is 0.200. The molecule has 1 heterocycles. The smallest absolute Gasteiger partial charge is 0.244 e. The molecule has 0 saturated carbocycles. The predicted molar refractivity (Wildman–Crippen MR) is 81.3 cm³/mol. The molecule has 1 fully saturated rings. The highest BCUT2D eigenvalue weighted by molar-refractivity contribution is 7.89. The normalized spacial score (nSPS) is 20.7. The molecule has 0 bridgehead atoms. The largest absolute Gasteiger partial charge is 0.399 e. The van der Waals surface area contributed by atoms with Crippen LogP contribution in [0.3, 0.4) is 0 Å². The highest BCUT2D eigenvalue weighted by Gasteiger charge is 2.29. The van der Waals surface area contributed by atoms with Gasteiger partial charge in [-0.1, -0.05) is 11.6 Å². The molecule has 1 atom stereocenters. The molecule has 1 unspecified atom stereocenters. The van der Waals surface area contributed by atoms with Gasteiger partial charge in [0.15, 0.2) is 0 Å². The van der Waals surface area contributed by atoms with Crippen LogP contribution in [0.1, 0.15) is 12.8 Å². The zero-order valence-corrected chi connectivity index (χ0v) is 13.3. The first kappa shape index (κ1) is 15.6. The van der Waals surface area contributed by atoms with Crippen molar-refractivity contribution in [1.29, 1.82) is 0 Å². The Labute approximate surface area is 125 Å². The predicted octanol–water partition coefficient (Wildman–Crippen LogP) is 1.64. The van der Waals surface area contributed by atoms with Crippen molar-refractivity contribution in [3.05, 3.63) is 23.2 Å². The number of nitrogen functional groups attached to an aromatic ring is 1. The van der Waals surface area contributed by atoms with Gasteiger partial charge in [0.25, 0.3) is 0 Å². The van der Waals surface area contributed by atoms with E-state index in [1.54, 1.807) is 13.1 Å². The van der Waals surface area contributed by atoms with Crippen LogP contribution in [0.2, 0.25) is 5.02 Å². The molecular weight excluding hydrogens is 298 g/mol. The van der Waals surface area contributed by atoms with E-state index >= 15 is 0 Å². The van der Waals surface area contributed by atoms with E-state index in [0.717, 1.165) is 19.4 Å². The fraction of sp³-hybridized carbons (Fsp3) is 0.538. The third kappa shape index (κ3) is 3.09. The first-order valence-corrected chi connectivity index (χ1v) is 8.36. The van der Waals surface area contributed by atoms with Gasteiger partial charge in [-0.2, -0.15) is 4.31 Å². The van der Waals surface area contributed by atoms with Gasteiger partial charge in [-0.25, -0.2) is 8.42 Å². The van der Waals surface area contributed by atoms with Crippen molar-refractivity contribution in [2.24, 2.45) is 0 Å². The number of anilines is 1. The molecule has 1 aromatic carbocycles. The Morgan fingerprint density at radius 2 is 2.20 bits per heavy atom. The van der Waals surface area contributed by atoms with Crippen LogP contribution in [0.4, 0.5) is 5.69 Å². The second kappa shape index (κ2) is 5.89. The Hall–Kier alpha value is -0.820. The lowest BCUT2D eigenvalue weighted by Gasteiger charge is -2.25. The number of halogens is 1. The highest BCUT2D eigenvalue weighted by Crippen LogP contribution is 2.27. The molecule has 1 aliphatic heterocycles. The minimum Gasteiger partial charge on any atom is -0.399 e. The lowest BCUT2D eigenvalue weighted by Crippen LogP contribution is -2.39. The molecule has 0 aromatic heterocycles. The second-order valence-corrected chi connectivity index (χ2v) is 7.67. The van der Waals surface area contributed by atoms with Crippen LogP contribution in [0.15, 0.2) is 23.1 Å². The van der Waals surface area contributed by atoms with E-state index in [4.69, 9.17) is 17.3 Å². The third-order valence-electron chi connectivity index (χ3n) is 3.78. The van der Waals surface area contributed by atoms with Crippen LogP contribution in [0, 0.1) is 0 Å². The van der Waals surface area contributed by atoms with E-state index in [2.05, 4.69) is 4.90 Å². The van der Waals surface area contributed by atoms with Crippen LogP contribution >= 0.6 is 11.6 Å². The van der Waals surface area contributed by atoms with Crippen molar-refractivity contribution in [1.82, 2.24) is 9.21 Å². The minimum atomic E-state index is -3.61. The molecule has 5 nitrogen and oxygen atoms in total. The maximum atomic E-state index is 12.6. The summed E-state index contributed by atoms with van der Waals surface area (Å²) in [6.07, 6.45) is 2.12. The van der Waals surface area contributed by atoms with Gasteiger partial charge < -0.3 is 10.6 Å². The number of benzene rings is 1. The zero-order valence-electron chi connectivity index (χ0n) is 11.7. The van der Waals surface area contributed by atoms with Crippen molar-refractivity contribution in [3.8, 4) is 0 Å². The molecule has 112 valence electrons. The molecule has 1 aliphatic rings.